The Bertz CT molecular complexity index is 563. The number of likely N-dealkylation sites (tertiary alicyclic amines) is 1. The van der Waals surface area contributed by atoms with Crippen LogP contribution in [0.2, 0.25) is 0 Å². The number of nitrogens with zero attached hydrogens (tertiary/aromatic N) is 2. The molecule has 0 saturated carbocycles. The van der Waals surface area contributed by atoms with Gasteiger partial charge < -0.3 is 14.5 Å². The molecule has 6 heteroatoms. The van der Waals surface area contributed by atoms with Gasteiger partial charge in [0.15, 0.2) is 0 Å². The quantitative estimate of drug-likeness (QED) is 0.780. The molecule has 1 aromatic rings. The molecular weight excluding hydrogens is 328 g/mol. The van der Waals surface area contributed by atoms with Gasteiger partial charge in [-0.1, -0.05) is 18.2 Å². The fourth-order valence-corrected chi connectivity index (χ4v) is 2.97. The van der Waals surface area contributed by atoms with Gasteiger partial charge in [-0.05, 0) is 45.7 Å². The zero-order valence-electron chi connectivity index (χ0n) is 14.5. The molecule has 2 amide bonds. The first-order valence-electron chi connectivity index (χ1n) is 8.23. The number of hydrogen-bond acceptors (Lipinski definition) is 3. The highest BCUT2D eigenvalue weighted by molar-refractivity contribution is 6.29. The summed E-state index contributed by atoms with van der Waals surface area (Å²) in [7, 11) is 0. The Morgan fingerprint density at radius 2 is 1.79 bits per heavy atom. The molecule has 0 atom stereocenters. The van der Waals surface area contributed by atoms with Crippen molar-refractivity contribution < 1.29 is 14.3 Å². The maximum absolute atomic E-state index is 12.3. The maximum Gasteiger partial charge on any atom is 0.410 e. The van der Waals surface area contributed by atoms with E-state index in [0.29, 0.717) is 25.9 Å². The minimum absolute atomic E-state index is 0.0392. The molecule has 5 nitrogen and oxygen atoms in total. The lowest BCUT2D eigenvalue weighted by atomic mass is 10.0. The van der Waals surface area contributed by atoms with Crippen molar-refractivity contribution in [3.05, 3.63) is 30.3 Å². The van der Waals surface area contributed by atoms with E-state index >= 15 is 0 Å². The third-order valence-electron chi connectivity index (χ3n) is 3.90. The number of rotatable bonds is 3. The van der Waals surface area contributed by atoms with Crippen LogP contribution in [0.5, 0.6) is 0 Å². The van der Waals surface area contributed by atoms with Crippen LogP contribution in [-0.4, -0.2) is 47.5 Å². The zero-order valence-corrected chi connectivity index (χ0v) is 15.3. The van der Waals surface area contributed by atoms with Crippen molar-refractivity contribution in [2.75, 3.05) is 23.9 Å². The minimum atomic E-state index is -0.501. The van der Waals surface area contributed by atoms with Crippen molar-refractivity contribution in [3.8, 4) is 0 Å². The van der Waals surface area contributed by atoms with Gasteiger partial charge >= 0.3 is 6.09 Å². The Balaban J connectivity index is 2.03. The van der Waals surface area contributed by atoms with Crippen LogP contribution in [0.4, 0.5) is 10.5 Å². The molecule has 0 radical (unpaired) electrons. The third-order valence-corrected chi connectivity index (χ3v) is 4.13. The lowest BCUT2D eigenvalue weighted by Crippen LogP contribution is -2.50. The predicted octanol–water partition coefficient (Wildman–Crippen LogP) is 3.66. The van der Waals surface area contributed by atoms with E-state index in [0.717, 1.165) is 5.69 Å². The van der Waals surface area contributed by atoms with Crippen LogP contribution in [0.1, 0.15) is 33.6 Å². The number of amides is 2. The summed E-state index contributed by atoms with van der Waals surface area (Å²) in [6.07, 6.45) is 1.11. The fourth-order valence-electron chi connectivity index (χ4n) is 2.84. The van der Waals surface area contributed by atoms with E-state index in [1.165, 1.54) is 0 Å². The van der Waals surface area contributed by atoms with Gasteiger partial charge in [-0.2, -0.15) is 0 Å². The van der Waals surface area contributed by atoms with Gasteiger partial charge in [0.25, 0.3) is 0 Å². The number of halogens is 1. The number of ether oxygens (including phenoxy) is 1. The first kappa shape index (κ1) is 18.6. The lowest BCUT2D eigenvalue weighted by molar-refractivity contribution is -0.116. The molecule has 1 aromatic carbocycles. The van der Waals surface area contributed by atoms with Crippen molar-refractivity contribution >= 4 is 29.3 Å². The van der Waals surface area contributed by atoms with Crippen LogP contribution in [0.15, 0.2) is 30.3 Å². The Labute approximate surface area is 148 Å². The van der Waals surface area contributed by atoms with E-state index in [-0.39, 0.29) is 23.9 Å². The summed E-state index contributed by atoms with van der Waals surface area (Å²) >= 11 is 5.79. The largest absolute Gasteiger partial charge is 0.444 e. The minimum Gasteiger partial charge on any atom is -0.444 e. The first-order chi connectivity index (χ1) is 11.3. The highest BCUT2D eigenvalue weighted by Gasteiger charge is 2.31. The van der Waals surface area contributed by atoms with Crippen LogP contribution in [0, 0.1) is 0 Å². The summed E-state index contributed by atoms with van der Waals surface area (Å²) in [5, 5.41) is 0. The average Bonchev–Trinajstić information content (AvgIpc) is 2.55. The molecule has 1 heterocycles. The number of anilines is 1. The molecule has 0 unspecified atom stereocenters. The van der Waals surface area contributed by atoms with Crippen LogP contribution in [0.3, 0.4) is 0 Å². The van der Waals surface area contributed by atoms with E-state index in [1.807, 2.05) is 51.1 Å². The van der Waals surface area contributed by atoms with Gasteiger partial charge in [-0.3, -0.25) is 4.79 Å². The molecular formula is C18H25ClN2O3. The topological polar surface area (TPSA) is 49.9 Å². The monoisotopic (exact) mass is 352 g/mol. The number of carbonyl (C=O) groups is 2. The Morgan fingerprint density at radius 3 is 2.29 bits per heavy atom. The van der Waals surface area contributed by atoms with Crippen LogP contribution in [0.25, 0.3) is 0 Å². The summed E-state index contributed by atoms with van der Waals surface area (Å²) in [5.74, 6) is -0.167. The Morgan fingerprint density at radius 1 is 1.21 bits per heavy atom. The highest BCUT2D eigenvalue weighted by atomic mass is 35.5. The van der Waals surface area contributed by atoms with E-state index in [4.69, 9.17) is 16.3 Å². The second-order valence-electron chi connectivity index (χ2n) is 6.93. The highest BCUT2D eigenvalue weighted by Crippen LogP contribution is 2.25. The van der Waals surface area contributed by atoms with Crippen LogP contribution < -0.4 is 4.90 Å². The van der Waals surface area contributed by atoms with Crippen LogP contribution >= 0.6 is 11.6 Å². The number of para-hydroxylation sites is 1. The van der Waals surface area contributed by atoms with E-state index in [2.05, 4.69) is 0 Å². The van der Waals surface area contributed by atoms with Crippen molar-refractivity contribution in [2.45, 2.75) is 45.3 Å². The normalized spacial score (nSPS) is 15.9. The molecule has 1 saturated heterocycles. The Hall–Kier alpha value is -1.75. The number of piperidine rings is 1. The summed E-state index contributed by atoms with van der Waals surface area (Å²) in [6, 6.07) is 9.57. The summed E-state index contributed by atoms with van der Waals surface area (Å²) in [4.78, 5) is 27.9. The van der Waals surface area contributed by atoms with Gasteiger partial charge in [-0.25, -0.2) is 4.79 Å². The van der Waals surface area contributed by atoms with Crippen molar-refractivity contribution in [1.82, 2.24) is 4.90 Å². The molecule has 1 aliphatic rings. The second kappa shape index (κ2) is 7.88. The number of benzene rings is 1. The smallest absolute Gasteiger partial charge is 0.410 e. The first-order valence-corrected chi connectivity index (χ1v) is 8.76. The van der Waals surface area contributed by atoms with Crippen molar-refractivity contribution in [2.24, 2.45) is 0 Å². The molecule has 2 rings (SSSR count). The molecule has 132 valence electrons. The van der Waals surface area contributed by atoms with E-state index in [1.54, 1.807) is 9.80 Å². The predicted molar refractivity (Wildman–Crippen MR) is 95.5 cm³/mol. The lowest BCUT2D eigenvalue weighted by Gasteiger charge is -2.38. The van der Waals surface area contributed by atoms with Crippen molar-refractivity contribution in [3.63, 3.8) is 0 Å². The number of alkyl halides is 1. The van der Waals surface area contributed by atoms with E-state index in [9.17, 15) is 9.59 Å². The summed E-state index contributed by atoms with van der Waals surface area (Å²) < 4.78 is 5.41. The zero-order chi connectivity index (χ0) is 17.7. The maximum atomic E-state index is 12.3. The third kappa shape index (κ3) is 4.87. The van der Waals surface area contributed by atoms with Gasteiger partial charge in [0.2, 0.25) is 5.91 Å². The van der Waals surface area contributed by atoms with Gasteiger partial charge in [0, 0.05) is 24.8 Å². The number of hydrogen-bond donors (Lipinski definition) is 0. The molecule has 0 bridgehead atoms. The van der Waals surface area contributed by atoms with Crippen molar-refractivity contribution in [1.29, 1.82) is 0 Å². The average molecular weight is 353 g/mol. The summed E-state index contributed by atoms with van der Waals surface area (Å²) in [5.41, 5.74) is 0.345. The molecule has 1 fully saturated rings. The summed E-state index contributed by atoms with van der Waals surface area (Å²) in [6.45, 7) is 6.70. The standard InChI is InChI=1S/C18H25ClN2O3/c1-18(2,3)24-17(23)20-11-9-15(10-12-20)21(16(22)13-19)14-7-5-4-6-8-14/h4-8,15H,9-13H2,1-3H3. The Kier molecular flexibility index (Phi) is 6.10. The van der Waals surface area contributed by atoms with Gasteiger partial charge in [0.05, 0.1) is 0 Å². The van der Waals surface area contributed by atoms with Gasteiger partial charge in [0.1, 0.15) is 11.5 Å². The molecule has 0 aliphatic carbocycles. The van der Waals surface area contributed by atoms with Crippen LogP contribution in [-0.2, 0) is 9.53 Å². The fraction of sp³-hybridized carbons (Fsp3) is 0.556. The SMILES string of the molecule is CC(C)(C)OC(=O)N1CCC(N(C(=O)CCl)c2ccccc2)CC1. The molecule has 1 aliphatic heterocycles. The molecule has 0 spiro atoms. The molecule has 0 N–H and O–H groups in total. The van der Waals surface area contributed by atoms with Gasteiger partial charge in [-0.15, -0.1) is 11.6 Å². The number of carbonyl (C=O) groups excluding carboxylic acids is 2. The molecule has 24 heavy (non-hydrogen) atoms. The second-order valence-corrected chi connectivity index (χ2v) is 7.20. The molecule has 0 aromatic heterocycles. The van der Waals surface area contributed by atoms with E-state index < -0.39 is 5.60 Å².